The highest BCUT2D eigenvalue weighted by Crippen LogP contribution is 2.13. The lowest BCUT2D eigenvalue weighted by Crippen LogP contribution is -2.28. The first-order valence-corrected chi connectivity index (χ1v) is 5.24. The van der Waals surface area contributed by atoms with Crippen molar-refractivity contribution in [3.8, 4) is 0 Å². The van der Waals surface area contributed by atoms with Crippen molar-refractivity contribution in [2.45, 2.75) is 19.9 Å². The van der Waals surface area contributed by atoms with E-state index in [0.29, 0.717) is 0 Å². The van der Waals surface area contributed by atoms with Crippen LogP contribution in [0.5, 0.6) is 0 Å². The molecule has 0 aromatic heterocycles. The summed E-state index contributed by atoms with van der Waals surface area (Å²) >= 11 is 0. The first-order valence-electron chi connectivity index (χ1n) is 5.24. The second kappa shape index (κ2) is 6.12. The van der Waals surface area contributed by atoms with Crippen LogP contribution in [0.1, 0.15) is 24.1 Å². The molecule has 4 nitrogen and oxygen atoms in total. The zero-order valence-electron chi connectivity index (χ0n) is 9.56. The number of aliphatic hydroxyl groups excluding tert-OH is 1. The molecule has 2 N–H and O–H groups in total. The van der Waals surface area contributed by atoms with Gasteiger partial charge in [-0.1, -0.05) is 29.8 Å². The summed E-state index contributed by atoms with van der Waals surface area (Å²) in [6, 6.07) is 7.80. The van der Waals surface area contributed by atoms with Gasteiger partial charge in [-0.25, -0.2) is 4.79 Å². The van der Waals surface area contributed by atoms with E-state index in [-0.39, 0.29) is 19.3 Å². The van der Waals surface area contributed by atoms with Crippen LogP contribution in [0.15, 0.2) is 24.3 Å². The quantitative estimate of drug-likeness (QED) is 0.818. The number of hydrogen-bond acceptors (Lipinski definition) is 3. The van der Waals surface area contributed by atoms with Crippen LogP contribution in [0.25, 0.3) is 0 Å². The van der Waals surface area contributed by atoms with Gasteiger partial charge in [0.05, 0.1) is 12.6 Å². The Balaban J connectivity index is 2.52. The monoisotopic (exact) mass is 223 g/mol. The summed E-state index contributed by atoms with van der Waals surface area (Å²) < 4.78 is 4.71. The molecule has 1 amide bonds. The fourth-order valence-corrected chi connectivity index (χ4v) is 1.38. The Morgan fingerprint density at radius 1 is 1.56 bits per heavy atom. The van der Waals surface area contributed by atoms with Gasteiger partial charge in [0, 0.05) is 0 Å². The van der Waals surface area contributed by atoms with Gasteiger partial charge in [0.1, 0.15) is 6.61 Å². The molecule has 0 aliphatic carbocycles. The third-order valence-electron chi connectivity index (χ3n) is 2.20. The van der Waals surface area contributed by atoms with E-state index in [9.17, 15) is 4.79 Å². The van der Waals surface area contributed by atoms with Crippen LogP contribution in [-0.2, 0) is 4.74 Å². The van der Waals surface area contributed by atoms with E-state index in [1.54, 1.807) is 0 Å². The molecule has 0 fully saturated rings. The van der Waals surface area contributed by atoms with Crippen molar-refractivity contribution in [2.24, 2.45) is 0 Å². The molecule has 1 rings (SSSR count). The minimum atomic E-state index is -0.511. The number of rotatable bonds is 4. The van der Waals surface area contributed by atoms with Gasteiger partial charge in [-0.2, -0.15) is 0 Å². The fourth-order valence-electron chi connectivity index (χ4n) is 1.38. The molecular formula is C12H17NO3. The molecule has 0 aliphatic heterocycles. The van der Waals surface area contributed by atoms with Crippen LogP contribution < -0.4 is 5.32 Å². The Hall–Kier alpha value is -1.55. The molecule has 4 heteroatoms. The van der Waals surface area contributed by atoms with Gasteiger partial charge in [-0.05, 0) is 19.4 Å². The minimum Gasteiger partial charge on any atom is -0.447 e. The highest BCUT2D eigenvalue weighted by molar-refractivity contribution is 5.67. The normalized spacial score (nSPS) is 11.9. The third kappa shape index (κ3) is 3.90. The Kier molecular flexibility index (Phi) is 4.79. The molecule has 0 bridgehead atoms. The van der Waals surface area contributed by atoms with E-state index in [1.807, 2.05) is 38.1 Å². The van der Waals surface area contributed by atoms with Crippen LogP contribution >= 0.6 is 0 Å². The number of carbonyl (C=O) groups is 1. The van der Waals surface area contributed by atoms with Gasteiger partial charge in [-0.15, -0.1) is 0 Å². The Labute approximate surface area is 95.2 Å². The van der Waals surface area contributed by atoms with Gasteiger partial charge in [-0.3, -0.25) is 0 Å². The number of aryl methyl sites for hydroxylation is 1. The SMILES string of the molecule is Cc1cccc([C@H](C)NC(=O)OCCO)c1. The van der Waals surface area contributed by atoms with E-state index in [4.69, 9.17) is 9.84 Å². The molecule has 0 spiro atoms. The van der Waals surface area contributed by atoms with Gasteiger partial charge in [0.25, 0.3) is 0 Å². The molecule has 1 aromatic rings. The second-order valence-corrected chi connectivity index (χ2v) is 3.64. The highest BCUT2D eigenvalue weighted by atomic mass is 16.6. The smallest absolute Gasteiger partial charge is 0.407 e. The number of alkyl carbamates (subject to hydrolysis) is 1. The lowest BCUT2D eigenvalue weighted by Gasteiger charge is -2.14. The largest absolute Gasteiger partial charge is 0.447 e. The van der Waals surface area contributed by atoms with Crippen LogP contribution in [0.3, 0.4) is 0 Å². The number of amides is 1. The standard InChI is InChI=1S/C12H17NO3/c1-9-4-3-5-11(8-9)10(2)13-12(15)16-7-6-14/h3-5,8,10,14H,6-7H2,1-2H3,(H,13,15)/t10-/m0/s1. The lowest BCUT2D eigenvalue weighted by atomic mass is 10.1. The average molecular weight is 223 g/mol. The van der Waals surface area contributed by atoms with Crippen LogP contribution in [0.4, 0.5) is 4.79 Å². The van der Waals surface area contributed by atoms with Crippen LogP contribution in [-0.4, -0.2) is 24.4 Å². The number of ether oxygens (including phenoxy) is 1. The Bertz CT molecular complexity index is 352. The summed E-state index contributed by atoms with van der Waals surface area (Å²) in [5.41, 5.74) is 2.18. The summed E-state index contributed by atoms with van der Waals surface area (Å²) in [4.78, 5) is 11.2. The van der Waals surface area contributed by atoms with Gasteiger partial charge in [0.15, 0.2) is 0 Å². The van der Waals surface area contributed by atoms with E-state index >= 15 is 0 Å². The first kappa shape index (κ1) is 12.5. The summed E-state index contributed by atoms with van der Waals surface area (Å²) in [6.07, 6.45) is -0.511. The maximum Gasteiger partial charge on any atom is 0.407 e. The van der Waals surface area contributed by atoms with Crippen molar-refractivity contribution in [1.82, 2.24) is 5.32 Å². The summed E-state index contributed by atoms with van der Waals surface area (Å²) in [5, 5.41) is 11.2. The predicted molar refractivity (Wildman–Crippen MR) is 61.2 cm³/mol. The summed E-state index contributed by atoms with van der Waals surface area (Å²) in [7, 11) is 0. The molecule has 88 valence electrons. The van der Waals surface area contributed by atoms with Crippen LogP contribution in [0.2, 0.25) is 0 Å². The zero-order chi connectivity index (χ0) is 12.0. The number of benzene rings is 1. The van der Waals surface area contributed by atoms with E-state index < -0.39 is 6.09 Å². The van der Waals surface area contributed by atoms with Crippen molar-refractivity contribution in [1.29, 1.82) is 0 Å². The van der Waals surface area contributed by atoms with Crippen LogP contribution in [0, 0.1) is 6.92 Å². The van der Waals surface area contributed by atoms with Crippen molar-refractivity contribution in [2.75, 3.05) is 13.2 Å². The first-order chi connectivity index (χ1) is 7.63. The highest BCUT2D eigenvalue weighted by Gasteiger charge is 2.09. The molecule has 0 heterocycles. The van der Waals surface area contributed by atoms with Crippen molar-refractivity contribution in [3.05, 3.63) is 35.4 Å². The molecule has 1 atom stereocenters. The molecule has 0 saturated carbocycles. The van der Waals surface area contributed by atoms with E-state index in [2.05, 4.69) is 5.32 Å². The predicted octanol–water partition coefficient (Wildman–Crippen LogP) is 1.77. The molecule has 16 heavy (non-hydrogen) atoms. The van der Waals surface area contributed by atoms with Gasteiger partial charge in [0.2, 0.25) is 0 Å². The van der Waals surface area contributed by atoms with Gasteiger partial charge < -0.3 is 15.2 Å². The zero-order valence-corrected chi connectivity index (χ0v) is 9.56. The van der Waals surface area contributed by atoms with Crippen molar-refractivity contribution >= 4 is 6.09 Å². The van der Waals surface area contributed by atoms with E-state index in [0.717, 1.165) is 11.1 Å². The van der Waals surface area contributed by atoms with Gasteiger partial charge >= 0.3 is 6.09 Å². The molecule has 1 aromatic carbocycles. The topological polar surface area (TPSA) is 58.6 Å². The molecule has 0 saturated heterocycles. The average Bonchev–Trinajstić information content (AvgIpc) is 2.26. The molecule has 0 radical (unpaired) electrons. The summed E-state index contributed by atoms with van der Waals surface area (Å²) in [6.45, 7) is 3.74. The van der Waals surface area contributed by atoms with E-state index in [1.165, 1.54) is 0 Å². The Morgan fingerprint density at radius 3 is 2.94 bits per heavy atom. The number of carbonyl (C=O) groups excluding carboxylic acids is 1. The number of nitrogens with one attached hydrogen (secondary N) is 1. The van der Waals surface area contributed by atoms with Crippen molar-refractivity contribution < 1.29 is 14.6 Å². The fraction of sp³-hybridized carbons (Fsp3) is 0.417. The third-order valence-corrected chi connectivity index (χ3v) is 2.20. The number of aliphatic hydroxyl groups is 1. The molecule has 0 aliphatic rings. The molecular weight excluding hydrogens is 206 g/mol. The second-order valence-electron chi connectivity index (χ2n) is 3.64. The number of hydrogen-bond donors (Lipinski definition) is 2. The maximum atomic E-state index is 11.2. The maximum absolute atomic E-state index is 11.2. The molecule has 0 unspecified atom stereocenters. The summed E-state index contributed by atoms with van der Waals surface area (Å²) in [5.74, 6) is 0. The minimum absolute atomic E-state index is 0.0202. The lowest BCUT2D eigenvalue weighted by molar-refractivity contribution is 0.116. The Morgan fingerprint density at radius 2 is 2.31 bits per heavy atom. The van der Waals surface area contributed by atoms with Crippen molar-refractivity contribution in [3.63, 3.8) is 0 Å².